The number of aromatic nitrogens is 1. The monoisotopic (exact) mass is 513 g/mol. The van der Waals surface area contributed by atoms with Crippen molar-refractivity contribution >= 4 is 50.7 Å². The number of nitrogens with one attached hydrogen (secondary N) is 1. The van der Waals surface area contributed by atoms with Gasteiger partial charge < -0.3 is 9.30 Å². The molecule has 1 N–H and O–H groups in total. The number of hydrogen-bond acceptors (Lipinski definition) is 5. The standard InChI is InChI=1S/C29H31N5O2S/c1-4-10-26-32-34-27(30)23(28(35)31-29(34)37-26)17-20-18-33(24-13-8-6-12-22(20)24)15-16-36-25-14-9-7-11-21(25)19(3)5-2/h6-9,11-14,17-19,30H,4-5,10,15-16H2,1-3H3/b23-17-,30-27?/t19-/m1/s1. The lowest BCUT2D eigenvalue weighted by atomic mass is 9.98. The molecule has 0 fully saturated rings. The second-order valence-electron chi connectivity index (χ2n) is 9.25. The van der Waals surface area contributed by atoms with E-state index in [1.54, 1.807) is 6.08 Å². The molecule has 0 radical (unpaired) electrons. The average Bonchev–Trinajstić information content (AvgIpc) is 3.47. The number of benzene rings is 2. The molecule has 1 aromatic heterocycles. The lowest BCUT2D eigenvalue weighted by Crippen LogP contribution is -2.35. The minimum atomic E-state index is -0.404. The molecule has 2 aliphatic heterocycles. The van der Waals surface area contributed by atoms with E-state index >= 15 is 0 Å². The summed E-state index contributed by atoms with van der Waals surface area (Å²) in [5, 5.41) is 17.0. The highest BCUT2D eigenvalue weighted by Gasteiger charge is 2.35. The predicted molar refractivity (Wildman–Crippen MR) is 152 cm³/mol. The first kappa shape index (κ1) is 25.0. The number of carbonyl (C=O) groups excluding carboxylic acids is 1. The molecule has 8 heteroatoms. The van der Waals surface area contributed by atoms with Crippen molar-refractivity contribution in [3.05, 3.63) is 71.4 Å². The number of hydrazone groups is 1. The number of fused-ring (bicyclic) bond motifs is 2. The summed E-state index contributed by atoms with van der Waals surface area (Å²) in [5.74, 6) is 1.02. The number of carbonyl (C=O) groups is 1. The van der Waals surface area contributed by atoms with E-state index < -0.39 is 5.91 Å². The number of amides is 1. The Morgan fingerprint density at radius 3 is 2.73 bits per heavy atom. The fourth-order valence-electron chi connectivity index (χ4n) is 4.57. The first-order valence-electron chi connectivity index (χ1n) is 12.8. The van der Waals surface area contributed by atoms with Crippen LogP contribution in [0.1, 0.15) is 57.1 Å². The van der Waals surface area contributed by atoms with Gasteiger partial charge in [0.2, 0.25) is 5.17 Å². The van der Waals surface area contributed by atoms with Crippen LogP contribution in [0.4, 0.5) is 0 Å². The van der Waals surface area contributed by atoms with Crippen molar-refractivity contribution in [1.82, 2.24) is 9.58 Å². The summed E-state index contributed by atoms with van der Waals surface area (Å²) in [7, 11) is 0. The van der Waals surface area contributed by atoms with E-state index in [2.05, 4.69) is 53.6 Å². The van der Waals surface area contributed by atoms with Crippen LogP contribution in [0.2, 0.25) is 0 Å². The van der Waals surface area contributed by atoms with Crippen LogP contribution in [-0.2, 0) is 11.3 Å². The minimum Gasteiger partial charge on any atom is -0.491 e. The zero-order chi connectivity index (χ0) is 25.9. The van der Waals surface area contributed by atoms with Gasteiger partial charge in [0.1, 0.15) is 17.4 Å². The molecule has 0 unspecified atom stereocenters. The molecule has 7 nitrogen and oxygen atoms in total. The smallest absolute Gasteiger partial charge is 0.283 e. The van der Waals surface area contributed by atoms with Crippen LogP contribution in [0.15, 0.2) is 70.4 Å². The quantitative estimate of drug-likeness (QED) is 0.325. The van der Waals surface area contributed by atoms with E-state index in [4.69, 9.17) is 10.1 Å². The molecule has 0 aliphatic carbocycles. The molecular weight excluding hydrogens is 482 g/mol. The average molecular weight is 514 g/mol. The van der Waals surface area contributed by atoms with E-state index in [9.17, 15) is 4.79 Å². The SMILES string of the molecule is CCCC1=NN2C(=N)/C(=C/c3cn(CCOc4ccccc4[C@H](C)CC)c4ccccc34)C(=O)N=C2S1. The maximum Gasteiger partial charge on any atom is 0.283 e. The molecule has 2 aliphatic rings. The maximum absolute atomic E-state index is 12.9. The minimum absolute atomic E-state index is 0.0652. The Balaban J connectivity index is 1.40. The first-order chi connectivity index (χ1) is 18.0. The Morgan fingerprint density at radius 2 is 1.92 bits per heavy atom. The molecule has 0 saturated heterocycles. The number of aliphatic imine (C=N–C) groups is 1. The maximum atomic E-state index is 12.9. The van der Waals surface area contributed by atoms with Crippen molar-refractivity contribution < 1.29 is 9.53 Å². The van der Waals surface area contributed by atoms with Crippen LogP contribution >= 0.6 is 11.8 Å². The molecule has 1 atom stereocenters. The van der Waals surface area contributed by atoms with E-state index in [0.717, 1.165) is 46.5 Å². The van der Waals surface area contributed by atoms with Crippen LogP contribution in [0.3, 0.4) is 0 Å². The van der Waals surface area contributed by atoms with Gasteiger partial charge in [0.05, 0.1) is 12.1 Å². The first-order valence-corrected chi connectivity index (χ1v) is 13.6. The van der Waals surface area contributed by atoms with Crippen LogP contribution in [0.5, 0.6) is 5.75 Å². The van der Waals surface area contributed by atoms with Gasteiger partial charge >= 0.3 is 0 Å². The lowest BCUT2D eigenvalue weighted by Gasteiger charge is -2.20. The Labute approximate surface area is 221 Å². The number of hydrogen-bond donors (Lipinski definition) is 1. The molecule has 1 amide bonds. The van der Waals surface area contributed by atoms with E-state index in [1.165, 1.54) is 22.3 Å². The molecule has 0 spiro atoms. The van der Waals surface area contributed by atoms with Gasteiger partial charge in [-0.05, 0) is 60.7 Å². The molecule has 5 rings (SSSR count). The zero-order valence-corrected chi connectivity index (χ0v) is 22.2. The van der Waals surface area contributed by atoms with Gasteiger partial charge in [0.15, 0.2) is 5.84 Å². The third kappa shape index (κ3) is 4.98. The third-order valence-corrected chi connectivity index (χ3v) is 7.70. The molecular formula is C29H31N5O2S. The summed E-state index contributed by atoms with van der Waals surface area (Å²) < 4.78 is 8.36. The fraction of sp³-hybridized carbons (Fsp3) is 0.310. The van der Waals surface area contributed by atoms with E-state index in [0.29, 0.717) is 24.2 Å². The van der Waals surface area contributed by atoms with Crippen molar-refractivity contribution in [3.63, 3.8) is 0 Å². The van der Waals surface area contributed by atoms with Gasteiger partial charge in [0.25, 0.3) is 5.91 Å². The van der Waals surface area contributed by atoms with Crippen molar-refractivity contribution in [1.29, 1.82) is 5.41 Å². The number of rotatable bonds is 9. The summed E-state index contributed by atoms with van der Waals surface area (Å²) in [6, 6.07) is 16.3. The third-order valence-electron chi connectivity index (χ3n) is 6.73. The Bertz CT molecular complexity index is 1450. The number of amidine groups is 2. The van der Waals surface area contributed by atoms with Gasteiger partial charge in [-0.2, -0.15) is 15.1 Å². The van der Waals surface area contributed by atoms with E-state index in [1.807, 2.05) is 36.5 Å². The van der Waals surface area contributed by atoms with Gasteiger partial charge in [-0.1, -0.05) is 57.2 Å². The van der Waals surface area contributed by atoms with Gasteiger partial charge in [-0.15, -0.1) is 0 Å². The highest BCUT2D eigenvalue weighted by molar-refractivity contribution is 8.26. The summed E-state index contributed by atoms with van der Waals surface area (Å²) in [5.41, 5.74) is 3.39. The van der Waals surface area contributed by atoms with Crippen LogP contribution in [0.25, 0.3) is 17.0 Å². The highest BCUT2D eigenvalue weighted by atomic mass is 32.2. The summed E-state index contributed by atoms with van der Waals surface area (Å²) in [6.45, 7) is 7.65. The van der Waals surface area contributed by atoms with Crippen molar-refractivity contribution in [2.75, 3.05) is 6.61 Å². The highest BCUT2D eigenvalue weighted by Crippen LogP contribution is 2.32. The van der Waals surface area contributed by atoms with Crippen molar-refractivity contribution in [3.8, 4) is 5.75 Å². The topological polar surface area (TPSA) is 83.0 Å². The normalized spacial score (nSPS) is 17.3. The van der Waals surface area contributed by atoms with Gasteiger partial charge in [-0.3, -0.25) is 10.2 Å². The molecule has 0 bridgehead atoms. The fourth-order valence-corrected chi connectivity index (χ4v) is 5.56. The van der Waals surface area contributed by atoms with E-state index in [-0.39, 0.29) is 11.4 Å². The van der Waals surface area contributed by atoms with Crippen LogP contribution in [0, 0.1) is 5.41 Å². The molecule has 3 heterocycles. The molecule has 3 aromatic rings. The van der Waals surface area contributed by atoms with Gasteiger partial charge in [-0.25, -0.2) is 0 Å². The molecule has 0 saturated carbocycles. The van der Waals surface area contributed by atoms with Gasteiger partial charge in [0, 0.05) is 22.7 Å². The van der Waals surface area contributed by atoms with Crippen LogP contribution in [-0.4, -0.2) is 38.1 Å². The second-order valence-corrected chi connectivity index (χ2v) is 10.3. The lowest BCUT2D eigenvalue weighted by molar-refractivity contribution is -0.114. The largest absolute Gasteiger partial charge is 0.491 e. The molecule has 37 heavy (non-hydrogen) atoms. The summed E-state index contributed by atoms with van der Waals surface area (Å²) in [4.78, 5) is 17.1. The summed E-state index contributed by atoms with van der Waals surface area (Å²) in [6.07, 6.45) is 6.59. The molecule has 190 valence electrons. The van der Waals surface area contributed by atoms with Crippen molar-refractivity contribution in [2.24, 2.45) is 10.1 Å². The Kier molecular flexibility index (Phi) is 7.28. The Hall–Kier alpha value is -3.65. The zero-order valence-electron chi connectivity index (χ0n) is 21.4. The predicted octanol–water partition coefficient (Wildman–Crippen LogP) is 6.65. The number of para-hydroxylation sites is 2. The number of thioether (sulfide) groups is 1. The van der Waals surface area contributed by atoms with Crippen molar-refractivity contribution in [2.45, 2.75) is 52.5 Å². The van der Waals surface area contributed by atoms with Crippen LogP contribution < -0.4 is 4.74 Å². The second kappa shape index (κ2) is 10.8. The number of ether oxygens (including phenoxy) is 1. The number of nitrogens with zero attached hydrogens (tertiary/aromatic N) is 4. The molecule has 2 aromatic carbocycles. The summed E-state index contributed by atoms with van der Waals surface area (Å²) >= 11 is 1.37. The Morgan fingerprint density at radius 1 is 1.14 bits per heavy atom.